The number of non-ortho nitro benzene ring substituents is 1. The number of nitrogens with one attached hydrogen (secondary N) is 1. The van der Waals surface area contributed by atoms with Crippen molar-refractivity contribution in [1.82, 2.24) is 4.98 Å². The smallest absolute Gasteiger partial charge is 0.277 e. The fraction of sp³-hybridized carbons (Fsp3) is 0.357. The summed E-state index contributed by atoms with van der Waals surface area (Å²) in [7, 11) is 0. The van der Waals surface area contributed by atoms with Crippen molar-refractivity contribution in [2.75, 3.05) is 18.5 Å². The van der Waals surface area contributed by atoms with Crippen LogP contribution < -0.4 is 5.32 Å². The van der Waals surface area contributed by atoms with Gasteiger partial charge in [0.05, 0.1) is 16.9 Å². The second kappa shape index (κ2) is 4.72. The van der Waals surface area contributed by atoms with Crippen molar-refractivity contribution in [3.63, 3.8) is 0 Å². The van der Waals surface area contributed by atoms with Crippen LogP contribution >= 0.6 is 0 Å². The molecule has 0 amide bonds. The minimum atomic E-state index is -0.387. The number of fused-ring (bicyclic) bond motifs is 1. The highest BCUT2D eigenvalue weighted by molar-refractivity contribution is 5.99. The van der Waals surface area contributed by atoms with Gasteiger partial charge in [0.25, 0.3) is 5.69 Å². The second-order valence-electron chi connectivity index (χ2n) is 5.32. The van der Waals surface area contributed by atoms with Crippen LogP contribution in [0, 0.1) is 15.5 Å². The van der Waals surface area contributed by atoms with Gasteiger partial charge in [0.2, 0.25) is 0 Å². The van der Waals surface area contributed by atoms with Gasteiger partial charge in [-0.05, 0) is 25.0 Å². The van der Waals surface area contributed by atoms with Crippen LogP contribution in [0.25, 0.3) is 10.8 Å². The van der Waals surface area contributed by atoms with Crippen molar-refractivity contribution in [3.05, 3.63) is 40.7 Å². The number of nitro groups is 1. The van der Waals surface area contributed by atoms with Gasteiger partial charge in [0.1, 0.15) is 0 Å². The van der Waals surface area contributed by atoms with Crippen molar-refractivity contribution in [2.24, 2.45) is 5.41 Å². The molecule has 104 valence electrons. The predicted octanol–water partition coefficient (Wildman–Crippen LogP) is 2.33. The Balaban J connectivity index is 1.96. The predicted molar refractivity (Wildman–Crippen MR) is 75.6 cm³/mol. The minimum absolute atomic E-state index is 0.0176. The SMILES string of the molecule is O=[N+]([O-])c1ccc(NCC2(CO)CC2)c2cnccc12. The van der Waals surface area contributed by atoms with Crippen molar-refractivity contribution >= 4 is 22.1 Å². The van der Waals surface area contributed by atoms with E-state index >= 15 is 0 Å². The third-order valence-electron chi connectivity index (χ3n) is 3.94. The molecule has 0 radical (unpaired) electrons. The normalized spacial score (nSPS) is 16.1. The summed E-state index contributed by atoms with van der Waals surface area (Å²) < 4.78 is 0. The summed E-state index contributed by atoms with van der Waals surface area (Å²) >= 11 is 0. The number of hydrogen-bond donors (Lipinski definition) is 2. The maximum Gasteiger partial charge on any atom is 0.277 e. The third-order valence-corrected chi connectivity index (χ3v) is 3.94. The van der Waals surface area contributed by atoms with Crippen LogP contribution in [0.5, 0.6) is 0 Å². The molecule has 20 heavy (non-hydrogen) atoms. The summed E-state index contributed by atoms with van der Waals surface area (Å²) in [4.78, 5) is 14.7. The molecule has 2 N–H and O–H groups in total. The average Bonchev–Trinajstić information content (AvgIpc) is 3.25. The molecular formula is C14H15N3O3. The van der Waals surface area contributed by atoms with Crippen LogP contribution in [0.3, 0.4) is 0 Å². The lowest BCUT2D eigenvalue weighted by Gasteiger charge is -2.15. The maximum absolute atomic E-state index is 11.0. The highest BCUT2D eigenvalue weighted by Crippen LogP contribution is 2.45. The fourth-order valence-corrected chi connectivity index (χ4v) is 2.34. The number of nitrogens with zero attached hydrogens (tertiary/aromatic N) is 2. The van der Waals surface area contributed by atoms with E-state index in [-0.39, 0.29) is 22.6 Å². The lowest BCUT2D eigenvalue weighted by molar-refractivity contribution is -0.383. The molecule has 1 fully saturated rings. The number of aromatic nitrogens is 1. The molecule has 6 heteroatoms. The van der Waals surface area contributed by atoms with Crippen molar-refractivity contribution in [2.45, 2.75) is 12.8 Å². The number of aliphatic hydroxyl groups excluding tert-OH is 1. The zero-order valence-corrected chi connectivity index (χ0v) is 10.9. The Morgan fingerprint density at radius 1 is 1.35 bits per heavy atom. The zero-order valence-electron chi connectivity index (χ0n) is 10.9. The molecule has 1 saturated carbocycles. The first-order valence-corrected chi connectivity index (χ1v) is 6.51. The van der Waals surface area contributed by atoms with Gasteiger partial charge >= 0.3 is 0 Å². The number of pyridine rings is 1. The van der Waals surface area contributed by atoms with E-state index in [0.29, 0.717) is 11.9 Å². The van der Waals surface area contributed by atoms with Crippen LogP contribution in [0.4, 0.5) is 11.4 Å². The summed E-state index contributed by atoms with van der Waals surface area (Å²) in [5.74, 6) is 0. The molecule has 1 aromatic carbocycles. The summed E-state index contributed by atoms with van der Waals surface area (Å²) in [6.45, 7) is 0.842. The molecule has 0 aliphatic heterocycles. The Bertz CT molecular complexity index is 668. The average molecular weight is 273 g/mol. The summed E-state index contributed by atoms with van der Waals surface area (Å²) in [5.41, 5.74) is 0.880. The first-order valence-electron chi connectivity index (χ1n) is 6.51. The van der Waals surface area contributed by atoms with Gasteiger partial charge in [-0.2, -0.15) is 0 Å². The lowest BCUT2D eigenvalue weighted by Crippen LogP contribution is -2.19. The number of rotatable bonds is 5. The minimum Gasteiger partial charge on any atom is -0.396 e. The third kappa shape index (κ3) is 2.18. The summed E-state index contributed by atoms with van der Waals surface area (Å²) in [6.07, 6.45) is 5.21. The summed E-state index contributed by atoms with van der Waals surface area (Å²) in [5, 5.41) is 24.9. The number of hydrogen-bond acceptors (Lipinski definition) is 5. The number of anilines is 1. The molecule has 6 nitrogen and oxygen atoms in total. The van der Waals surface area contributed by atoms with Crippen LogP contribution in [0.2, 0.25) is 0 Å². The molecule has 0 atom stereocenters. The van der Waals surface area contributed by atoms with E-state index < -0.39 is 0 Å². The molecule has 0 saturated heterocycles. The van der Waals surface area contributed by atoms with Crippen molar-refractivity contribution in [1.29, 1.82) is 0 Å². The van der Waals surface area contributed by atoms with E-state index in [1.165, 1.54) is 6.07 Å². The van der Waals surface area contributed by atoms with E-state index in [2.05, 4.69) is 10.3 Å². The van der Waals surface area contributed by atoms with E-state index in [1.54, 1.807) is 24.5 Å². The quantitative estimate of drug-likeness (QED) is 0.644. The number of nitro benzene ring substituents is 1. The van der Waals surface area contributed by atoms with Crippen LogP contribution in [0.1, 0.15) is 12.8 Å². The second-order valence-corrected chi connectivity index (χ2v) is 5.32. The van der Waals surface area contributed by atoms with Gasteiger partial charge in [-0.3, -0.25) is 15.1 Å². The molecule has 2 aromatic rings. The van der Waals surface area contributed by atoms with Gasteiger partial charge in [-0.25, -0.2) is 0 Å². The Morgan fingerprint density at radius 3 is 2.80 bits per heavy atom. The number of benzene rings is 1. The van der Waals surface area contributed by atoms with Crippen molar-refractivity contribution < 1.29 is 10.0 Å². The molecular weight excluding hydrogens is 258 g/mol. The first kappa shape index (κ1) is 12.8. The first-order chi connectivity index (χ1) is 9.65. The van der Waals surface area contributed by atoms with E-state index in [1.807, 2.05) is 0 Å². The molecule has 1 aliphatic carbocycles. The fourth-order valence-electron chi connectivity index (χ4n) is 2.34. The van der Waals surface area contributed by atoms with E-state index in [0.717, 1.165) is 23.9 Å². The molecule has 0 spiro atoms. The topological polar surface area (TPSA) is 88.3 Å². The molecule has 1 heterocycles. The maximum atomic E-state index is 11.0. The largest absolute Gasteiger partial charge is 0.396 e. The van der Waals surface area contributed by atoms with Crippen LogP contribution in [-0.2, 0) is 0 Å². The number of aliphatic hydroxyl groups is 1. The molecule has 0 bridgehead atoms. The highest BCUT2D eigenvalue weighted by Gasteiger charge is 2.41. The Hall–Kier alpha value is -2.21. The summed E-state index contributed by atoms with van der Waals surface area (Å²) in [6, 6.07) is 4.86. The molecule has 1 aromatic heterocycles. The molecule has 0 unspecified atom stereocenters. The zero-order chi connectivity index (χ0) is 14.2. The standard InChI is InChI=1S/C14H15N3O3/c18-9-14(4-5-14)8-16-12-1-2-13(17(19)20)10-3-6-15-7-11(10)12/h1-3,6-7,16,18H,4-5,8-9H2. The Labute approximate surface area is 115 Å². The van der Waals surface area contributed by atoms with Crippen molar-refractivity contribution in [3.8, 4) is 0 Å². The monoisotopic (exact) mass is 273 g/mol. The highest BCUT2D eigenvalue weighted by atomic mass is 16.6. The van der Waals surface area contributed by atoms with Crippen LogP contribution in [0.15, 0.2) is 30.6 Å². The Kier molecular flexibility index (Phi) is 3.02. The van der Waals surface area contributed by atoms with Crippen LogP contribution in [-0.4, -0.2) is 28.2 Å². The molecule has 3 rings (SSSR count). The lowest BCUT2D eigenvalue weighted by atomic mass is 10.1. The van der Waals surface area contributed by atoms with E-state index in [9.17, 15) is 15.2 Å². The van der Waals surface area contributed by atoms with Gasteiger partial charge in [0.15, 0.2) is 0 Å². The Morgan fingerprint density at radius 2 is 2.15 bits per heavy atom. The van der Waals surface area contributed by atoms with Gasteiger partial charge < -0.3 is 10.4 Å². The van der Waals surface area contributed by atoms with Gasteiger partial charge in [-0.15, -0.1) is 0 Å². The van der Waals surface area contributed by atoms with Gasteiger partial charge in [-0.1, -0.05) is 0 Å². The van der Waals surface area contributed by atoms with Gasteiger partial charge in [0, 0.05) is 41.5 Å². The van der Waals surface area contributed by atoms with E-state index in [4.69, 9.17) is 0 Å². The molecule has 1 aliphatic rings.